The van der Waals surface area contributed by atoms with Crippen molar-refractivity contribution in [2.75, 3.05) is 6.54 Å². The van der Waals surface area contributed by atoms with E-state index >= 15 is 0 Å². The minimum absolute atomic E-state index is 0.0569. The van der Waals surface area contributed by atoms with Gasteiger partial charge in [0.25, 0.3) is 5.91 Å². The second kappa shape index (κ2) is 6.53. The van der Waals surface area contributed by atoms with Gasteiger partial charge in [-0.2, -0.15) is 0 Å². The van der Waals surface area contributed by atoms with Gasteiger partial charge in [0.15, 0.2) is 0 Å². The third kappa shape index (κ3) is 4.62. The molecule has 0 aromatic heterocycles. The molecule has 0 heterocycles. The highest BCUT2D eigenvalue weighted by atomic mass is 79.9. The fourth-order valence-corrected chi connectivity index (χ4v) is 2.79. The van der Waals surface area contributed by atoms with Gasteiger partial charge >= 0.3 is 0 Å². The lowest BCUT2D eigenvalue weighted by molar-refractivity contribution is 0.0897. The summed E-state index contributed by atoms with van der Waals surface area (Å²) in [6.07, 6.45) is 0.866. The first-order valence-corrected chi connectivity index (χ1v) is 7.35. The Labute approximate surface area is 124 Å². The predicted molar refractivity (Wildman–Crippen MR) is 83.3 cm³/mol. The van der Waals surface area contributed by atoms with Crippen molar-refractivity contribution in [2.24, 2.45) is 11.7 Å². The van der Waals surface area contributed by atoms with E-state index in [9.17, 15) is 4.79 Å². The van der Waals surface area contributed by atoms with Crippen molar-refractivity contribution in [2.45, 2.75) is 39.7 Å². The summed E-state index contributed by atoms with van der Waals surface area (Å²) in [5, 5.41) is 3.07. The van der Waals surface area contributed by atoms with Crippen molar-refractivity contribution in [3.63, 3.8) is 0 Å². The number of rotatable bonds is 5. The minimum atomic E-state index is -0.356. The minimum Gasteiger partial charge on any atom is -0.346 e. The Hall–Kier alpha value is -0.870. The summed E-state index contributed by atoms with van der Waals surface area (Å²) in [6, 6.07) is 5.66. The van der Waals surface area contributed by atoms with E-state index < -0.39 is 0 Å². The standard InChI is InChI=1S/C15H23BrN2O/c1-10(2)8-15(4,9-17)18-14(19)13-6-5-12(16)7-11(13)3/h5-7,10H,8-9,17H2,1-4H3,(H,18,19). The Morgan fingerprint density at radius 1 is 1.47 bits per heavy atom. The van der Waals surface area contributed by atoms with Crippen LogP contribution in [0.15, 0.2) is 22.7 Å². The molecule has 0 saturated heterocycles. The van der Waals surface area contributed by atoms with E-state index in [2.05, 4.69) is 35.1 Å². The highest BCUT2D eigenvalue weighted by Gasteiger charge is 2.26. The quantitative estimate of drug-likeness (QED) is 0.872. The summed E-state index contributed by atoms with van der Waals surface area (Å²) in [6.45, 7) is 8.63. The Kier molecular flexibility index (Phi) is 5.56. The van der Waals surface area contributed by atoms with Crippen LogP contribution in [0.4, 0.5) is 0 Å². The van der Waals surface area contributed by atoms with Gasteiger partial charge < -0.3 is 11.1 Å². The maximum Gasteiger partial charge on any atom is 0.252 e. The maximum absolute atomic E-state index is 12.4. The van der Waals surface area contributed by atoms with Gasteiger partial charge in [-0.05, 0) is 49.9 Å². The van der Waals surface area contributed by atoms with Crippen LogP contribution in [0.3, 0.4) is 0 Å². The lowest BCUT2D eigenvalue weighted by Crippen LogP contribution is -2.52. The molecule has 1 unspecified atom stereocenters. The summed E-state index contributed by atoms with van der Waals surface area (Å²) in [5.41, 5.74) is 7.12. The molecule has 0 aliphatic carbocycles. The third-order valence-corrected chi connectivity index (χ3v) is 3.65. The van der Waals surface area contributed by atoms with E-state index in [4.69, 9.17) is 5.73 Å². The van der Waals surface area contributed by atoms with Crippen LogP contribution in [-0.4, -0.2) is 18.0 Å². The highest BCUT2D eigenvalue weighted by molar-refractivity contribution is 9.10. The lowest BCUT2D eigenvalue weighted by atomic mass is 9.90. The van der Waals surface area contributed by atoms with E-state index in [0.29, 0.717) is 18.0 Å². The number of amides is 1. The summed E-state index contributed by atoms with van der Waals surface area (Å²) in [4.78, 5) is 12.4. The van der Waals surface area contributed by atoms with Crippen molar-refractivity contribution >= 4 is 21.8 Å². The molecule has 3 nitrogen and oxygen atoms in total. The molecule has 19 heavy (non-hydrogen) atoms. The van der Waals surface area contributed by atoms with Crippen molar-refractivity contribution in [3.8, 4) is 0 Å². The molecule has 1 amide bonds. The van der Waals surface area contributed by atoms with Crippen molar-refractivity contribution in [1.82, 2.24) is 5.32 Å². The van der Waals surface area contributed by atoms with Gasteiger partial charge in [-0.3, -0.25) is 4.79 Å². The number of nitrogens with two attached hydrogens (primary N) is 1. The number of hydrogen-bond acceptors (Lipinski definition) is 2. The molecule has 0 aliphatic rings. The zero-order valence-corrected chi connectivity index (χ0v) is 13.7. The highest BCUT2D eigenvalue weighted by Crippen LogP contribution is 2.19. The van der Waals surface area contributed by atoms with E-state index in [-0.39, 0.29) is 11.4 Å². The molecule has 0 aliphatic heterocycles. The van der Waals surface area contributed by atoms with Crippen LogP contribution in [0.25, 0.3) is 0 Å². The normalized spacial score (nSPS) is 14.3. The van der Waals surface area contributed by atoms with Gasteiger partial charge in [0.1, 0.15) is 0 Å². The van der Waals surface area contributed by atoms with Gasteiger partial charge in [0, 0.05) is 22.1 Å². The van der Waals surface area contributed by atoms with Crippen LogP contribution in [0.2, 0.25) is 0 Å². The molecule has 106 valence electrons. The first-order valence-electron chi connectivity index (χ1n) is 6.56. The molecule has 1 rings (SSSR count). The molecule has 4 heteroatoms. The first-order chi connectivity index (χ1) is 8.77. The van der Waals surface area contributed by atoms with E-state index in [1.807, 2.05) is 32.0 Å². The lowest BCUT2D eigenvalue weighted by Gasteiger charge is -2.31. The molecule has 1 aromatic rings. The maximum atomic E-state index is 12.4. The Balaban J connectivity index is 2.88. The van der Waals surface area contributed by atoms with E-state index in [1.54, 1.807) is 0 Å². The molecule has 0 radical (unpaired) electrons. The average molecular weight is 327 g/mol. The second-order valence-electron chi connectivity index (χ2n) is 5.78. The number of carbonyl (C=O) groups is 1. The van der Waals surface area contributed by atoms with Crippen LogP contribution in [0.1, 0.15) is 43.1 Å². The molecule has 0 spiro atoms. The SMILES string of the molecule is Cc1cc(Br)ccc1C(=O)NC(C)(CN)CC(C)C. The molecule has 0 saturated carbocycles. The predicted octanol–water partition coefficient (Wildman–Crippen LogP) is 3.25. The van der Waals surface area contributed by atoms with Crippen LogP contribution >= 0.6 is 15.9 Å². The van der Waals surface area contributed by atoms with Crippen LogP contribution in [0, 0.1) is 12.8 Å². The first kappa shape index (κ1) is 16.2. The molecule has 0 fully saturated rings. The number of hydrogen-bond donors (Lipinski definition) is 2. The topological polar surface area (TPSA) is 55.1 Å². The summed E-state index contributed by atoms with van der Waals surface area (Å²) < 4.78 is 0.977. The van der Waals surface area contributed by atoms with Crippen molar-refractivity contribution in [1.29, 1.82) is 0 Å². The smallest absolute Gasteiger partial charge is 0.252 e. The fourth-order valence-electron chi connectivity index (χ4n) is 2.31. The fraction of sp³-hybridized carbons (Fsp3) is 0.533. The molecule has 1 aromatic carbocycles. The van der Waals surface area contributed by atoms with Gasteiger partial charge in [0.05, 0.1) is 0 Å². The van der Waals surface area contributed by atoms with Gasteiger partial charge in [-0.25, -0.2) is 0 Å². The molecule has 0 bridgehead atoms. The zero-order chi connectivity index (χ0) is 14.6. The van der Waals surface area contributed by atoms with Gasteiger partial charge in [0.2, 0.25) is 0 Å². The Morgan fingerprint density at radius 3 is 2.58 bits per heavy atom. The van der Waals surface area contributed by atoms with Crippen LogP contribution in [0.5, 0.6) is 0 Å². The number of carbonyl (C=O) groups excluding carboxylic acids is 1. The molecular formula is C15H23BrN2O. The van der Waals surface area contributed by atoms with Gasteiger partial charge in [-0.15, -0.1) is 0 Å². The van der Waals surface area contributed by atoms with E-state index in [0.717, 1.165) is 16.5 Å². The Bertz CT molecular complexity index is 459. The molecular weight excluding hydrogens is 304 g/mol. The van der Waals surface area contributed by atoms with Gasteiger partial charge in [-0.1, -0.05) is 29.8 Å². The summed E-state index contributed by atoms with van der Waals surface area (Å²) >= 11 is 3.40. The monoisotopic (exact) mass is 326 g/mol. The average Bonchev–Trinajstić information content (AvgIpc) is 2.27. The van der Waals surface area contributed by atoms with E-state index in [1.165, 1.54) is 0 Å². The number of halogens is 1. The number of nitrogens with one attached hydrogen (secondary N) is 1. The van der Waals surface area contributed by atoms with Crippen molar-refractivity contribution in [3.05, 3.63) is 33.8 Å². The largest absolute Gasteiger partial charge is 0.346 e. The number of benzene rings is 1. The van der Waals surface area contributed by atoms with Crippen molar-refractivity contribution < 1.29 is 4.79 Å². The number of aryl methyl sites for hydroxylation is 1. The third-order valence-electron chi connectivity index (χ3n) is 3.16. The zero-order valence-electron chi connectivity index (χ0n) is 12.1. The summed E-state index contributed by atoms with van der Waals surface area (Å²) in [7, 11) is 0. The summed E-state index contributed by atoms with van der Waals surface area (Å²) in [5.74, 6) is 0.429. The molecule has 3 N–H and O–H groups in total. The Morgan fingerprint density at radius 2 is 2.11 bits per heavy atom. The second-order valence-corrected chi connectivity index (χ2v) is 6.69. The van der Waals surface area contributed by atoms with Crippen LogP contribution < -0.4 is 11.1 Å². The molecule has 1 atom stereocenters. The van der Waals surface area contributed by atoms with Crippen LogP contribution in [-0.2, 0) is 0 Å².